The minimum atomic E-state index is -0.396. The van der Waals surface area contributed by atoms with Crippen molar-refractivity contribution in [1.82, 2.24) is 14.9 Å². The van der Waals surface area contributed by atoms with E-state index in [4.69, 9.17) is 50.9 Å². The third kappa shape index (κ3) is 3.95. The second-order valence-electron chi connectivity index (χ2n) is 7.30. The van der Waals surface area contributed by atoms with Crippen molar-refractivity contribution in [3.63, 3.8) is 0 Å². The Morgan fingerprint density at radius 3 is 2.06 bits per heavy atom. The predicted octanol–water partition coefficient (Wildman–Crippen LogP) is 7.36. The van der Waals surface area contributed by atoms with Gasteiger partial charge in [-0.05, 0) is 50.6 Å². The molecule has 4 aromatic rings. The van der Waals surface area contributed by atoms with Crippen molar-refractivity contribution < 1.29 is 9.32 Å². The molecule has 164 valence electrons. The van der Waals surface area contributed by atoms with Crippen LogP contribution in [-0.4, -0.2) is 20.8 Å². The van der Waals surface area contributed by atoms with Gasteiger partial charge in [0.15, 0.2) is 0 Å². The standard InChI is InChI=1S/C23H17Cl4N3O2/c1-11-14(10-15-16(24)6-4-7-17(15)25)12(2)30(28-11)23(31)20-13(3)32-29-22(20)21-18(26)8-5-9-19(21)27/h4-9H,10H2,1-3H3. The average molecular weight is 509 g/mol. The fourth-order valence-corrected chi connectivity index (χ4v) is 4.74. The van der Waals surface area contributed by atoms with Crippen LogP contribution in [0.5, 0.6) is 0 Å². The third-order valence-corrected chi connectivity index (χ3v) is 6.66. The first-order valence-electron chi connectivity index (χ1n) is 9.64. The molecule has 0 radical (unpaired) electrons. The molecule has 0 unspecified atom stereocenters. The summed E-state index contributed by atoms with van der Waals surface area (Å²) in [6, 6.07) is 10.4. The van der Waals surface area contributed by atoms with Gasteiger partial charge in [-0.25, -0.2) is 4.68 Å². The highest BCUT2D eigenvalue weighted by molar-refractivity contribution is 6.39. The van der Waals surface area contributed by atoms with Crippen LogP contribution < -0.4 is 0 Å². The fraction of sp³-hybridized carbons (Fsp3) is 0.174. The molecule has 0 fully saturated rings. The van der Waals surface area contributed by atoms with E-state index in [0.29, 0.717) is 49.2 Å². The zero-order valence-electron chi connectivity index (χ0n) is 17.3. The predicted molar refractivity (Wildman–Crippen MR) is 127 cm³/mol. The van der Waals surface area contributed by atoms with Crippen molar-refractivity contribution >= 4 is 52.3 Å². The molecule has 0 saturated heterocycles. The van der Waals surface area contributed by atoms with E-state index in [0.717, 1.165) is 11.1 Å². The molecule has 32 heavy (non-hydrogen) atoms. The van der Waals surface area contributed by atoms with E-state index in [-0.39, 0.29) is 11.3 Å². The summed E-state index contributed by atoms with van der Waals surface area (Å²) in [5, 5.41) is 10.4. The van der Waals surface area contributed by atoms with Gasteiger partial charge in [-0.3, -0.25) is 4.79 Å². The maximum Gasteiger partial charge on any atom is 0.284 e. The summed E-state index contributed by atoms with van der Waals surface area (Å²) in [5.41, 5.74) is 3.94. The van der Waals surface area contributed by atoms with Crippen LogP contribution in [0.3, 0.4) is 0 Å². The van der Waals surface area contributed by atoms with E-state index in [2.05, 4.69) is 10.3 Å². The van der Waals surface area contributed by atoms with E-state index in [1.165, 1.54) is 4.68 Å². The Balaban J connectivity index is 1.80. The number of hydrogen-bond acceptors (Lipinski definition) is 4. The van der Waals surface area contributed by atoms with Gasteiger partial charge in [-0.2, -0.15) is 5.10 Å². The molecule has 2 aromatic carbocycles. The van der Waals surface area contributed by atoms with Gasteiger partial charge >= 0.3 is 0 Å². The Kier molecular flexibility index (Phi) is 6.37. The summed E-state index contributed by atoms with van der Waals surface area (Å²) >= 11 is 25.4. The molecule has 2 aromatic heterocycles. The lowest BCUT2D eigenvalue weighted by molar-refractivity contribution is 0.0941. The minimum absolute atomic E-state index is 0.243. The smallest absolute Gasteiger partial charge is 0.284 e. The molecule has 9 heteroatoms. The molecular weight excluding hydrogens is 492 g/mol. The summed E-state index contributed by atoms with van der Waals surface area (Å²) in [4.78, 5) is 13.6. The van der Waals surface area contributed by atoms with Gasteiger partial charge in [0, 0.05) is 33.3 Å². The second-order valence-corrected chi connectivity index (χ2v) is 8.93. The number of aryl methyl sites for hydroxylation is 2. The number of benzene rings is 2. The third-order valence-electron chi connectivity index (χ3n) is 5.32. The molecule has 0 amide bonds. The van der Waals surface area contributed by atoms with Crippen molar-refractivity contribution in [1.29, 1.82) is 0 Å². The lowest BCUT2D eigenvalue weighted by Gasteiger charge is -2.09. The van der Waals surface area contributed by atoms with Crippen LogP contribution in [0.4, 0.5) is 0 Å². The summed E-state index contributed by atoms with van der Waals surface area (Å²) in [6.07, 6.45) is 0.440. The number of carbonyl (C=O) groups is 1. The van der Waals surface area contributed by atoms with E-state index >= 15 is 0 Å². The molecular formula is C23H17Cl4N3O2. The summed E-state index contributed by atoms with van der Waals surface area (Å²) in [7, 11) is 0. The van der Waals surface area contributed by atoms with Gasteiger partial charge in [0.1, 0.15) is 17.0 Å². The normalized spacial score (nSPS) is 11.2. The SMILES string of the molecule is Cc1nn(C(=O)c2c(-c3c(Cl)cccc3Cl)noc2C)c(C)c1Cc1c(Cl)cccc1Cl. The van der Waals surface area contributed by atoms with Crippen molar-refractivity contribution in [2.45, 2.75) is 27.2 Å². The minimum Gasteiger partial charge on any atom is -0.360 e. The number of rotatable bonds is 4. The monoisotopic (exact) mass is 507 g/mol. The van der Waals surface area contributed by atoms with Crippen molar-refractivity contribution in [3.05, 3.63) is 90.3 Å². The molecule has 0 aliphatic rings. The molecule has 0 saturated carbocycles. The van der Waals surface area contributed by atoms with Crippen LogP contribution >= 0.6 is 46.4 Å². The van der Waals surface area contributed by atoms with Gasteiger partial charge < -0.3 is 4.52 Å². The van der Waals surface area contributed by atoms with Gasteiger partial charge in [0.05, 0.1) is 15.7 Å². The van der Waals surface area contributed by atoms with Crippen LogP contribution in [0.25, 0.3) is 11.3 Å². The summed E-state index contributed by atoms with van der Waals surface area (Å²) < 4.78 is 6.68. The molecule has 0 N–H and O–H groups in total. The highest BCUT2D eigenvalue weighted by Gasteiger charge is 2.28. The quantitative estimate of drug-likeness (QED) is 0.289. The molecule has 0 atom stereocenters. The highest BCUT2D eigenvalue weighted by atomic mass is 35.5. The van der Waals surface area contributed by atoms with Crippen LogP contribution in [0.1, 0.15) is 38.6 Å². The Labute approximate surface area is 204 Å². The lowest BCUT2D eigenvalue weighted by Crippen LogP contribution is -2.17. The average Bonchev–Trinajstić information content (AvgIpc) is 3.24. The number of aromatic nitrogens is 3. The number of halogens is 4. The van der Waals surface area contributed by atoms with Crippen LogP contribution in [0.15, 0.2) is 40.9 Å². The molecule has 4 rings (SSSR count). The van der Waals surface area contributed by atoms with Crippen LogP contribution in [-0.2, 0) is 6.42 Å². The Morgan fingerprint density at radius 2 is 1.47 bits per heavy atom. The molecule has 0 aliphatic carbocycles. The molecule has 0 bridgehead atoms. The molecule has 0 aliphatic heterocycles. The number of nitrogens with zero attached hydrogens (tertiary/aromatic N) is 3. The zero-order valence-corrected chi connectivity index (χ0v) is 20.4. The molecule has 5 nitrogen and oxygen atoms in total. The largest absolute Gasteiger partial charge is 0.360 e. The van der Waals surface area contributed by atoms with Crippen molar-refractivity contribution in [2.75, 3.05) is 0 Å². The Morgan fingerprint density at radius 1 is 0.906 bits per heavy atom. The summed E-state index contributed by atoms with van der Waals surface area (Å²) in [6.45, 7) is 5.32. The van der Waals surface area contributed by atoms with Gasteiger partial charge in [-0.15, -0.1) is 0 Å². The lowest BCUT2D eigenvalue weighted by atomic mass is 10.0. The number of hydrogen-bond donors (Lipinski definition) is 0. The van der Waals surface area contributed by atoms with Crippen molar-refractivity contribution in [2.24, 2.45) is 0 Å². The molecule has 0 spiro atoms. The summed E-state index contributed by atoms with van der Waals surface area (Å²) in [5.74, 6) is -0.0592. The second kappa shape index (κ2) is 8.91. The van der Waals surface area contributed by atoms with Crippen LogP contribution in [0, 0.1) is 20.8 Å². The fourth-order valence-electron chi connectivity index (χ4n) is 3.63. The van der Waals surface area contributed by atoms with E-state index in [1.54, 1.807) is 43.3 Å². The van der Waals surface area contributed by atoms with Gasteiger partial charge in [0.25, 0.3) is 5.91 Å². The maximum absolute atomic E-state index is 13.6. The maximum atomic E-state index is 13.6. The highest BCUT2D eigenvalue weighted by Crippen LogP contribution is 2.37. The first kappa shape index (κ1) is 22.9. The van der Waals surface area contributed by atoms with E-state index in [9.17, 15) is 4.79 Å². The van der Waals surface area contributed by atoms with E-state index in [1.807, 2.05) is 13.8 Å². The van der Waals surface area contributed by atoms with E-state index < -0.39 is 5.91 Å². The number of carbonyl (C=O) groups excluding carboxylic acids is 1. The Bertz CT molecular complexity index is 1320. The zero-order chi connectivity index (χ0) is 23.2. The van der Waals surface area contributed by atoms with Gasteiger partial charge in [0.2, 0.25) is 0 Å². The Hall–Kier alpha value is -2.31. The van der Waals surface area contributed by atoms with Crippen LogP contribution in [0.2, 0.25) is 20.1 Å². The first-order valence-corrected chi connectivity index (χ1v) is 11.1. The topological polar surface area (TPSA) is 60.9 Å². The van der Waals surface area contributed by atoms with Crippen molar-refractivity contribution in [3.8, 4) is 11.3 Å². The first-order chi connectivity index (χ1) is 15.2. The molecule has 2 heterocycles. The van der Waals surface area contributed by atoms with Gasteiger partial charge in [-0.1, -0.05) is 63.7 Å².